The third-order valence-electron chi connectivity index (χ3n) is 2.85. The maximum absolute atomic E-state index is 11.9. The van der Waals surface area contributed by atoms with Crippen LogP contribution in [0.15, 0.2) is 30.3 Å². The second kappa shape index (κ2) is 11.5. The molecule has 0 N–H and O–H groups in total. The minimum atomic E-state index is -1.51. The molecule has 1 rings (SSSR count). The second-order valence-electron chi connectivity index (χ2n) is 4.31. The summed E-state index contributed by atoms with van der Waals surface area (Å²) in [6, 6.07) is 9.89. The number of unbranched alkanes of at least 4 members (excludes halogenated alkanes) is 5. The zero-order valence-corrected chi connectivity index (χ0v) is 11.2. The summed E-state index contributed by atoms with van der Waals surface area (Å²) in [5.41, 5.74) is 0. The zero-order chi connectivity index (χ0) is 11.6. The van der Waals surface area contributed by atoms with E-state index in [9.17, 15) is 4.57 Å². The molecule has 0 radical (unpaired) electrons. The molecule has 0 saturated heterocycles. The molecule has 0 aliphatic carbocycles. The average Bonchev–Trinajstić information content (AvgIpc) is 2.34. The van der Waals surface area contributed by atoms with Crippen LogP contribution in [0.2, 0.25) is 0 Å². The third kappa shape index (κ3) is 8.21. The molecule has 0 aromatic heterocycles. The van der Waals surface area contributed by atoms with Crippen LogP contribution >= 0.6 is 7.80 Å². The molecular formula is C14H24NaOP. The fourth-order valence-electron chi connectivity index (χ4n) is 1.83. The van der Waals surface area contributed by atoms with Gasteiger partial charge in [-0.15, -0.1) is 0 Å². The van der Waals surface area contributed by atoms with Crippen molar-refractivity contribution in [1.82, 2.24) is 0 Å². The van der Waals surface area contributed by atoms with Crippen LogP contribution in [0.4, 0.5) is 0 Å². The van der Waals surface area contributed by atoms with E-state index >= 15 is 0 Å². The standard InChI is InChI=1S/C14H23OP.Na.H/c1-2-3-4-5-6-10-13-16(15)14-11-8-7-9-12-14;;/h7-9,11-12,16H,2-6,10,13H2,1H3;;. The molecule has 0 bridgehead atoms. The Kier molecular flexibility index (Phi) is 11.8. The maximum atomic E-state index is 11.9. The molecular weight excluding hydrogens is 238 g/mol. The number of hydrogen-bond acceptors (Lipinski definition) is 1. The first-order valence-electron chi connectivity index (χ1n) is 6.43. The van der Waals surface area contributed by atoms with E-state index in [2.05, 4.69) is 6.92 Å². The van der Waals surface area contributed by atoms with Gasteiger partial charge in [-0.25, -0.2) is 0 Å². The molecule has 92 valence electrons. The van der Waals surface area contributed by atoms with Crippen LogP contribution in [-0.4, -0.2) is 35.7 Å². The van der Waals surface area contributed by atoms with Gasteiger partial charge in [0, 0.05) is 11.5 Å². The van der Waals surface area contributed by atoms with Crippen molar-refractivity contribution >= 4 is 42.7 Å². The van der Waals surface area contributed by atoms with E-state index in [1.165, 1.54) is 32.1 Å². The van der Waals surface area contributed by atoms with Gasteiger partial charge in [-0.3, -0.25) is 0 Å². The van der Waals surface area contributed by atoms with Crippen molar-refractivity contribution in [1.29, 1.82) is 0 Å². The first-order chi connectivity index (χ1) is 7.84. The molecule has 1 aromatic rings. The Morgan fingerprint density at radius 3 is 2.18 bits per heavy atom. The van der Waals surface area contributed by atoms with Crippen molar-refractivity contribution in [3.63, 3.8) is 0 Å². The van der Waals surface area contributed by atoms with E-state index in [0.29, 0.717) is 0 Å². The van der Waals surface area contributed by atoms with E-state index in [1.807, 2.05) is 30.3 Å². The van der Waals surface area contributed by atoms with Gasteiger partial charge >= 0.3 is 29.6 Å². The summed E-state index contributed by atoms with van der Waals surface area (Å²) in [5.74, 6) is 0. The van der Waals surface area contributed by atoms with Gasteiger partial charge in [-0.05, 0) is 6.42 Å². The molecule has 1 nitrogen and oxygen atoms in total. The van der Waals surface area contributed by atoms with Crippen molar-refractivity contribution in [2.45, 2.75) is 45.4 Å². The van der Waals surface area contributed by atoms with Gasteiger partial charge < -0.3 is 4.57 Å². The molecule has 0 fully saturated rings. The summed E-state index contributed by atoms with van der Waals surface area (Å²) in [7, 11) is -1.51. The van der Waals surface area contributed by atoms with Gasteiger partial charge in [0.2, 0.25) is 0 Å². The summed E-state index contributed by atoms with van der Waals surface area (Å²) in [6.45, 7) is 2.23. The summed E-state index contributed by atoms with van der Waals surface area (Å²) >= 11 is 0. The molecule has 17 heavy (non-hydrogen) atoms. The van der Waals surface area contributed by atoms with Crippen molar-refractivity contribution in [2.24, 2.45) is 0 Å². The van der Waals surface area contributed by atoms with Crippen LogP contribution in [-0.2, 0) is 4.57 Å². The summed E-state index contributed by atoms with van der Waals surface area (Å²) in [6.07, 6.45) is 8.52. The quantitative estimate of drug-likeness (QED) is 0.397. The predicted molar refractivity (Wildman–Crippen MR) is 80.5 cm³/mol. The fourth-order valence-corrected chi connectivity index (χ4v) is 3.26. The van der Waals surface area contributed by atoms with E-state index in [4.69, 9.17) is 0 Å². The first-order valence-corrected chi connectivity index (χ1v) is 8.04. The van der Waals surface area contributed by atoms with Gasteiger partial charge in [0.1, 0.15) is 7.80 Å². The normalized spacial score (nSPS) is 11.8. The van der Waals surface area contributed by atoms with Crippen molar-refractivity contribution in [3.05, 3.63) is 30.3 Å². The topological polar surface area (TPSA) is 17.1 Å². The van der Waals surface area contributed by atoms with E-state index in [-0.39, 0.29) is 29.6 Å². The Balaban J connectivity index is 0.00000256. The monoisotopic (exact) mass is 262 g/mol. The summed E-state index contributed by atoms with van der Waals surface area (Å²) in [5, 5.41) is 1.04. The van der Waals surface area contributed by atoms with Crippen LogP contribution in [0.25, 0.3) is 0 Å². The van der Waals surface area contributed by atoms with E-state index in [0.717, 1.165) is 17.9 Å². The van der Waals surface area contributed by atoms with Crippen LogP contribution in [0.3, 0.4) is 0 Å². The van der Waals surface area contributed by atoms with Gasteiger partial charge in [0.25, 0.3) is 0 Å². The summed E-state index contributed by atoms with van der Waals surface area (Å²) in [4.78, 5) is 0. The summed E-state index contributed by atoms with van der Waals surface area (Å²) < 4.78 is 11.9. The molecule has 0 aliphatic rings. The molecule has 0 spiro atoms. The van der Waals surface area contributed by atoms with Crippen LogP contribution in [0.5, 0.6) is 0 Å². The van der Waals surface area contributed by atoms with Crippen LogP contribution < -0.4 is 5.30 Å². The second-order valence-corrected chi connectivity index (χ2v) is 6.23. The van der Waals surface area contributed by atoms with Crippen molar-refractivity contribution in [3.8, 4) is 0 Å². The Hall–Kier alpha value is 0.450. The molecule has 0 heterocycles. The van der Waals surface area contributed by atoms with Gasteiger partial charge in [-0.1, -0.05) is 69.4 Å². The molecule has 1 aromatic carbocycles. The van der Waals surface area contributed by atoms with E-state index in [1.54, 1.807) is 0 Å². The van der Waals surface area contributed by atoms with Gasteiger partial charge in [0.05, 0.1) is 0 Å². The van der Waals surface area contributed by atoms with Gasteiger partial charge in [-0.2, -0.15) is 0 Å². The SMILES string of the molecule is CCCCCCCC[PH](=O)c1ccccc1.[NaH]. The Bertz CT molecular complexity index is 300. The van der Waals surface area contributed by atoms with Gasteiger partial charge in [0.15, 0.2) is 0 Å². The molecule has 0 saturated carbocycles. The molecule has 1 atom stereocenters. The third-order valence-corrected chi connectivity index (χ3v) is 4.64. The van der Waals surface area contributed by atoms with Crippen molar-refractivity contribution < 1.29 is 4.57 Å². The first kappa shape index (κ1) is 17.4. The Labute approximate surface area is 128 Å². The van der Waals surface area contributed by atoms with Crippen molar-refractivity contribution in [2.75, 3.05) is 6.16 Å². The molecule has 3 heteroatoms. The fraction of sp³-hybridized carbons (Fsp3) is 0.571. The Morgan fingerprint density at radius 1 is 0.941 bits per heavy atom. The average molecular weight is 262 g/mol. The number of benzene rings is 1. The predicted octanol–water partition coefficient (Wildman–Crippen LogP) is 3.58. The molecule has 1 unspecified atom stereocenters. The number of rotatable bonds is 8. The van der Waals surface area contributed by atoms with Crippen LogP contribution in [0.1, 0.15) is 45.4 Å². The minimum absolute atomic E-state index is 0. The molecule has 0 amide bonds. The molecule has 0 aliphatic heterocycles. The number of hydrogen-bond donors (Lipinski definition) is 0. The van der Waals surface area contributed by atoms with Crippen LogP contribution in [0, 0.1) is 0 Å². The van der Waals surface area contributed by atoms with E-state index < -0.39 is 7.80 Å². The Morgan fingerprint density at radius 2 is 1.53 bits per heavy atom. The zero-order valence-electron chi connectivity index (χ0n) is 10.2.